The summed E-state index contributed by atoms with van der Waals surface area (Å²) in [6.45, 7) is 2.80. The number of nitrogens with zero attached hydrogens (tertiary/aromatic N) is 4. The van der Waals surface area contributed by atoms with Crippen LogP contribution in [0.25, 0.3) is 16.7 Å². The maximum absolute atomic E-state index is 9.82. The van der Waals surface area contributed by atoms with E-state index in [0.29, 0.717) is 44.4 Å². The Kier molecular flexibility index (Phi) is 6.98. The zero-order chi connectivity index (χ0) is 25.4. The number of fused-ring (bicyclic) bond motifs is 3. The zero-order valence-corrected chi connectivity index (χ0v) is 22.1. The number of rotatable bonds is 6. The van der Waals surface area contributed by atoms with Crippen LogP contribution in [-0.4, -0.2) is 14.4 Å². The second-order valence-electron chi connectivity index (χ2n) is 8.40. The number of imidazole rings is 1. The molecule has 0 aliphatic heterocycles. The van der Waals surface area contributed by atoms with Gasteiger partial charge < -0.3 is 5.43 Å². The van der Waals surface area contributed by atoms with Gasteiger partial charge in [0.25, 0.3) is 0 Å². The molecule has 0 aliphatic rings. The maximum Gasteiger partial charge on any atom is 0.157 e. The van der Waals surface area contributed by atoms with E-state index >= 15 is 0 Å². The highest BCUT2D eigenvalue weighted by Crippen LogP contribution is 2.29. The number of aryl methyl sites for hydroxylation is 1. The first kappa shape index (κ1) is 24.7. The fraction of sp³-hybridized carbons (Fsp3) is 0.111. The number of anilines is 1. The van der Waals surface area contributed by atoms with Gasteiger partial charge in [0.05, 0.1) is 16.6 Å². The summed E-state index contributed by atoms with van der Waals surface area (Å²) in [5, 5.41) is 14.1. The molecule has 0 saturated heterocycles. The van der Waals surface area contributed by atoms with E-state index in [4.69, 9.17) is 51.4 Å². The Morgan fingerprint density at radius 3 is 2.08 bits per heavy atom. The van der Waals surface area contributed by atoms with Crippen LogP contribution in [0.3, 0.4) is 0 Å². The van der Waals surface area contributed by atoms with Gasteiger partial charge in [-0.3, -0.25) is 4.40 Å². The normalized spacial score (nSPS) is 11.4. The fourth-order valence-electron chi connectivity index (χ4n) is 4.18. The van der Waals surface area contributed by atoms with Crippen LogP contribution in [0.2, 0.25) is 20.1 Å². The largest absolute Gasteiger partial charge is 0.304 e. The molecule has 9 heteroatoms. The number of halogens is 4. The number of hydrazine groups is 1. The molecule has 2 aromatic heterocycles. The van der Waals surface area contributed by atoms with E-state index < -0.39 is 0 Å². The molecule has 180 valence electrons. The van der Waals surface area contributed by atoms with Gasteiger partial charge in [-0.05, 0) is 66.1 Å². The monoisotopic (exact) mass is 553 g/mol. The number of aromatic nitrogens is 2. The van der Waals surface area contributed by atoms with E-state index in [9.17, 15) is 5.26 Å². The van der Waals surface area contributed by atoms with E-state index in [2.05, 4.69) is 11.5 Å². The molecule has 5 aromatic rings. The van der Waals surface area contributed by atoms with Crippen molar-refractivity contribution < 1.29 is 0 Å². The van der Waals surface area contributed by atoms with Crippen molar-refractivity contribution in [1.29, 1.82) is 5.26 Å². The lowest BCUT2D eigenvalue weighted by molar-refractivity contribution is 0.312. The number of pyridine rings is 1. The molecular weight excluding hydrogens is 536 g/mol. The number of benzene rings is 3. The quantitative estimate of drug-likeness (QED) is 0.214. The van der Waals surface area contributed by atoms with Gasteiger partial charge in [0, 0.05) is 33.2 Å². The van der Waals surface area contributed by atoms with Gasteiger partial charge in [0.15, 0.2) is 5.65 Å². The Labute approximate surface area is 228 Å². The van der Waals surface area contributed by atoms with Crippen LogP contribution in [0.5, 0.6) is 0 Å². The third-order valence-electron chi connectivity index (χ3n) is 5.91. The van der Waals surface area contributed by atoms with E-state index in [1.807, 2.05) is 70.9 Å². The third kappa shape index (κ3) is 4.84. The van der Waals surface area contributed by atoms with Crippen LogP contribution in [0, 0.1) is 18.3 Å². The lowest BCUT2D eigenvalue weighted by Crippen LogP contribution is -2.30. The molecule has 0 amide bonds. The van der Waals surface area contributed by atoms with Crippen LogP contribution in [0.1, 0.15) is 22.3 Å². The summed E-state index contributed by atoms with van der Waals surface area (Å²) in [5.41, 5.74) is 8.94. The average molecular weight is 555 g/mol. The minimum absolute atomic E-state index is 0.447. The molecular formula is C27H19Cl4N5. The molecule has 5 nitrogen and oxygen atoms in total. The Hall–Kier alpha value is -2.98. The molecule has 0 fully saturated rings. The van der Waals surface area contributed by atoms with Gasteiger partial charge in [-0.25, -0.2) is 9.99 Å². The first-order valence-corrected chi connectivity index (χ1v) is 12.6. The van der Waals surface area contributed by atoms with Crippen LogP contribution < -0.4 is 5.43 Å². The zero-order valence-electron chi connectivity index (χ0n) is 19.1. The van der Waals surface area contributed by atoms with Crippen molar-refractivity contribution in [2.45, 2.75) is 20.0 Å². The predicted molar refractivity (Wildman–Crippen MR) is 148 cm³/mol. The molecule has 0 unspecified atom stereocenters. The summed E-state index contributed by atoms with van der Waals surface area (Å²) in [4.78, 5) is 4.74. The Balaban J connectivity index is 1.62. The maximum atomic E-state index is 9.82. The standard InChI is InChI=1S/C27H19Cl4N5/c1-16-10-26(36-25-5-3-2-4-24(25)33-27(36)21(16)13-32)34-35(14-17-6-8-19(28)11-22(17)30)15-18-7-9-20(29)12-23(18)31/h2-12,34H,14-15H2,1H3. The number of nitrogens with one attached hydrogen (secondary N) is 1. The van der Waals surface area contributed by atoms with Crippen molar-refractivity contribution >= 4 is 68.9 Å². The predicted octanol–water partition coefficient (Wildman–Crippen LogP) is 8.31. The van der Waals surface area contributed by atoms with Crippen LogP contribution in [0.15, 0.2) is 66.7 Å². The van der Waals surface area contributed by atoms with Gasteiger partial charge >= 0.3 is 0 Å². The second-order valence-corrected chi connectivity index (χ2v) is 10.1. The third-order valence-corrected chi connectivity index (χ3v) is 7.08. The van der Waals surface area contributed by atoms with E-state index in [0.717, 1.165) is 33.5 Å². The smallest absolute Gasteiger partial charge is 0.157 e. The van der Waals surface area contributed by atoms with Crippen molar-refractivity contribution in [2.75, 3.05) is 5.43 Å². The van der Waals surface area contributed by atoms with E-state index in [-0.39, 0.29) is 0 Å². The number of para-hydroxylation sites is 2. The summed E-state index contributed by atoms with van der Waals surface area (Å²) in [6, 6.07) is 22.9. The topological polar surface area (TPSA) is 56.4 Å². The summed E-state index contributed by atoms with van der Waals surface area (Å²) in [7, 11) is 0. The second kappa shape index (κ2) is 10.2. The number of hydrogen-bond donors (Lipinski definition) is 1. The molecule has 0 spiro atoms. The molecule has 0 aliphatic carbocycles. The van der Waals surface area contributed by atoms with Gasteiger partial charge in [0.2, 0.25) is 0 Å². The lowest BCUT2D eigenvalue weighted by Gasteiger charge is -2.26. The minimum Gasteiger partial charge on any atom is -0.304 e. The Morgan fingerprint density at radius 2 is 1.50 bits per heavy atom. The fourth-order valence-corrected chi connectivity index (χ4v) is 5.12. The van der Waals surface area contributed by atoms with E-state index in [1.165, 1.54) is 0 Å². The Morgan fingerprint density at radius 1 is 0.889 bits per heavy atom. The summed E-state index contributed by atoms with van der Waals surface area (Å²) in [5.74, 6) is 0.755. The van der Waals surface area contributed by atoms with Crippen molar-refractivity contribution in [3.63, 3.8) is 0 Å². The first-order valence-electron chi connectivity index (χ1n) is 11.0. The van der Waals surface area contributed by atoms with Crippen LogP contribution in [-0.2, 0) is 13.1 Å². The molecule has 2 heterocycles. The van der Waals surface area contributed by atoms with Crippen LogP contribution in [0.4, 0.5) is 5.82 Å². The minimum atomic E-state index is 0.447. The van der Waals surface area contributed by atoms with E-state index in [1.54, 1.807) is 12.1 Å². The Bertz CT molecular complexity index is 1600. The SMILES string of the molecule is Cc1cc(NN(Cc2ccc(Cl)cc2Cl)Cc2ccc(Cl)cc2Cl)n2c(nc3ccccc32)c1C#N. The van der Waals surface area contributed by atoms with Crippen molar-refractivity contribution in [3.05, 3.63) is 109 Å². The molecule has 0 radical (unpaired) electrons. The summed E-state index contributed by atoms with van der Waals surface area (Å²) < 4.78 is 1.96. The summed E-state index contributed by atoms with van der Waals surface area (Å²) >= 11 is 25.3. The molecule has 0 saturated carbocycles. The molecule has 5 rings (SSSR count). The van der Waals surface area contributed by atoms with Crippen molar-refractivity contribution in [3.8, 4) is 6.07 Å². The van der Waals surface area contributed by atoms with Gasteiger partial charge in [0.1, 0.15) is 11.9 Å². The lowest BCUT2D eigenvalue weighted by atomic mass is 10.1. The highest BCUT2D eigenvalue weighted by atomic mass is 35.5. The van der Waals surface area contributed by atoms with Gasteiger partial charge in [-0.2, -0.15) is 5.26 Å². The van der Waals surface area contributed by atoms with Crippen molar-refractivity contribution in [1.82, 2.24) is 14.4 Å². The molecule has 0 atom stereocenters. The summed E-state index contributed by atoms with van der Waals surface area (Å²) in [6.07, 6.45) is 0. The highest BCUT2D eigenvalue weighted by molar-refractivity contribution is 6.35. The number of nitriles is 1. The average Bonchev–Trinajstić information content (AvgIpc) is 3.22. The van der Waals surface area contributed by atoms with Gasteiger partial charge in [-0.15, -0.1) is 0 Å². The first-order chi connectivity index (χ1) is 17.3. The highest BCUT2D eigenvalue weighted by Gasteiger charge is 2.18. The molecule has 3 aromatic carbocycles. The van der Waals surface area contributed by atoms with Crippen LogP contribution >= 0.6 is 46.4 Å². The van der Waals surface area contributed by atoms with Crippen molar-refractivity contribution in [2.24, 2.45) is 0 Å². The molecule has 36 heavy (non-hydrogen) atoms. The molecule has 0 bridgehead atoms. The van der Waals surface area contributed by atoms with Gasteiger partial charge in [-0.1, -0.05) is 70.7 Å². The molecule has 1 N–H and O–H groups in total. The number of hydrogen-bond acceptors (Lipinski definition) is 4.